The molecule has 0 aliphatic rings. The zero-order valence-corrected chi connectivity index (χ0v) is 8.29. The number of hydrogen-bond donors (Lipinski definition) is 1. The van der Waals surface area contributed by atoms with Gasteiger partial charge in [-0.3, -0.25) is 4.79 Å². The molecule has 0 spiro atoms. The van der Waals surface area contributed by atoms with Crippen LogP contribution in [0.4, 0.5) is 5.82 Å². The summed E-state index contributed by atoms with van der Waals surface area (Å²) in [6, 6.07) is 1.49. The molecule has 0 aliphatic carbocycles. The zero-order valence-electron chi connectivity index (χ0n) is 7.53. The fraction of sp³-hybridized carbons (Fsp3) is 0.222. The molecular formula is C9H10ClN3O. The second kappa shape index (κ2) is 5.34. The number of hydrogen-bond acceptors (Lipinski definition) is 3. The van der Waals surface area contributed by atoms with E-state index in [0.717, 1.165) is 0 Å². The van der Waals surface area contributed by atoms with Crippen molar-refractivity contribution >= 4 is 23.3 Å². The Hall–Kier alpha value is -1.42. The van der Waals surface area contributed by atoms with E-state index in [1.165, 1.54) is 12.4 Å². The average Bonchev–Trinajstić information content (AvgIpc) is 2.15. The minimum atomic E-state index is -0.111. The van der Waals surface area contributed by atoms with Crippen molar-refractivity contribution in [3.05, 3.63) is 30.2 Å². The van der Waals surface area contributed by atoms with Crippen LogP contribution in [0.5, 0.6) is 0 Å². The predicted octanol–water partition coefficient (Wildman–Crippen LogP) is 2.03. The molecule has 0 aliphatic heterocycles. The molecule has 0 radical (unpaired) electrons. The van der Waals surface area contributed by atoms with Gasteiger partial charge in [0.05, 0.1) is 0 Å². The van der Waals surface area contributed by atoms with Crippen molar-refractivity contribution in [2.75, 3.05) is 5.32 Å². The van der Waals surface area contributed by atoms with Gasteiger partial charge in [-0.1, -0.05) is 17.7 Å². The lowest BCUT2D eigenvalue weighted by atomic mass is 10.3. The Kier molecular flexibility index (Phi) is 4.07. The number of halogens is 1. The van der Waals surface area contributed by atoms with Crippen LogP contribution < -0.4 is 5.32 Å². The Labute approximate surface area is 87.0 Å². The maximum Gasteiger partial charge on any atom is 0.225 e. The van der Waals surface area contributed by atoms with Crippen LogP contribution in [0.3, 0.4) is 0 Å². The van der Waals surface area contributed by atoms with Crippen molar-refractivity contribution in [3.63, 3.8) is 0 Å². The molecule has 0 aromatic carbocycles. The Morgan fingerprint density at radius 1 is 1.64 bits per heavy atom. The first kappa shape index (κ1) is 10.7. The Bertz CT molecular complexity index is 341. The van der Waals surface area contributed by atoms with Gasteiger partial charge in [0.25, 0.3) is 0 Å². The van der Waals surface area contributed by atoms with E-state index in [-0.39, 0.29) is 5.91 Å². The van der Waals surface area contributed by atoms with Gasteiger partial charge in [-0.15, -0.1) is 6.58 Å². The number of carbonyl (C=O) groups excluding carboxylic acids is 1. The summed E-state index contributed by atoms with van der Waals surface area (Å²) < 4.78 is 0. The fourth-order valence-corrected chi connectivity index (χ4v) is 0.987. The lowest BCUT2D eigenvalue weighted by Crippen LogP contribution is -2.11. The molecule has 0 bridgehead atoms. The van der Waals surface area contributed by atoms with Gasteiger partial charge in [-0.05, 0) is 6.42 Å². The summed E-state index contributed by atoms with van der Waals surface area (Å²) in [6.45, 7) is 3.53. The van der Waals surface area contributed by atoms with E-state index in [1.54, 1.807) is 6.08 Å². The molecule has 1 rings (SSSR count). The highest BCUT2D eigenvalue weighted by atomic mass is 35.5. The number of allylic oxidation sites excluding steroid dienone is 1. The van der Waals surface area contributed by atoms with Crippen LogP contribution in [0.25, 0.3) is 0 Å². The van der Waals surface area contributed by atoms with Gasteiger partial charge in [0, 0.05) is 12.5 Å². The summed E-state index contributed by atoms with van der Waals surface area (Å²) in [5.41, 5.74) is 0. The van der Waals surface area contributed by atoms with Crippen molar-refractivity contribution < 1.29 is 4.79 Å². The minimum absolute atomic E-state index is 0.111. The first-order valence-corrected chi connectivity index (χ1v) is 4.48. The molecule has 0 fully saturated rings. The zero-order chi connectivity index (χ0) is 10.4. The van der Waals surface area contributed by atoms with Crippen molar-refractivity contribution in [2.24, 2.45) is 0 Å². The number of anilines is 1. The van der Waals surface area contributed by atoms with E-state index in [9.17, 15) is 4.79 Å². The Morgan fingerprint density at radius 2 is 2.43 bits per heavy atom. The summed E-state index contributed by atoms with van der Waals surface area (Å²) in [6.07, 6.45) is 4.02. The maximum absolute atomic E-state index is 11.2. The second-order valence-corrected chi connectivity index (χ2v) is 2.99. The molecule has 1 N–H and O–H groups in total. The van der Waals surface area contributed by atoms with Gasteiger partial charge in [-0.25, -0.2) is 9.97 Å². The molecule has 0 unspecified atom stereocenters. The number of rotatable bonds is 4. The standard InChI is InChI=1S/C9H10ClN3O/c1-2-3-4-9(14)13-8-5-7(10)11-6-12-8/h2,5-6H,1,3-4H2,(H,11,12,13,14). The highest BCUT2D eigenvalue weighted by molar-refractivity contribution is 6.29. The van der Waals surface area contributed by atoms with Gasteiger partial charge < -0.3 is 5.32 Å². The lowest BCUT2D eigenvalue weighted by Gasteiger charge is -2.02. The van der Waals surface area contributed by atoms with Gasteiger partial charge in [0.15, 0.2) is 0 Å². The first-order chi connectivity index (χ1) is 6.72. The van der Waals surface area contributed by atoms with E-state index in [4.69, 9.17) is 11.6 Å². The fourth-order valence-electron chi connectivity index (χ4n) is 0.840. The molecule has 1 aromatic rings. The quantitative estimate of drug-likeness (QED) is 0.613. The van der Waals surface area contributed by atoms with Gasteiger partial charge >= 0.3 is 0 Å². The van der Waals surface area contributed by atoms with E-state index < -0.39 is 0 Å². The smallest absolute Gasteiger partial charge is 0.225 e. The average molecular weight is 212 g/mol. The molecule has 5 heteroatoms. The molecule has 0 atom stereocenters. The van der Waals surface area contributed by atoms with Gasteiger partial charge in [0.1, 0.15) is 17.3 Å². The predicted molar refractivity (Wildman–Crippen MR) is 55.1 cm³/mol. The molecule has 0 saturated carbocycles. The van der Waals surface area contributed by atoms with Crippen LogP contribution in [0.15, 0.2) is 25.0 Å². The highest BCUT2D eigenvalue weighted by Crippen LogP contribution is 2.08. The van der Waals surface area contributed by atoms with Gasteiger partial charge in [0.2, 0.25) is 5.91 Å². The topological polar surface area (TPSA) is 54.9 Å². The van der Waals surface area contributed by atoms with E-state index >= 15 is 0 Å². The van der Waals surface area contributed by atoms with Crippen LogP contribution in [0.2, 0.25) is 5.15 Å². The summed E-state index contributed by atoms with van der Waals surface area (Å²) in [4.78, 5) is 18.8. The third-order valence-corrected chi connectivity index (χ3v) is 1.68. The largest absolute Gasteiger partial charge is 0.311 e. The molecular weight excluding hydrogens is 202 g/mol. The number of nitrogens with one attached hydrogen (secondary N) is 1. The first-order valence-electron chi connectivity index (χ1n) is 4.10. The molecule has 1 aromatic heterocycles. The Balaban J connectivity index is 2.51. The Morgan fingerprint density at radius 3 is 3.07 bits per heavy atom. The number of nitrogens with zero attached hydrogens (tertiary/aromatic N) is 2. The molecule has 0 saturated heterocycles. The van der Waals surface area contributed by atoms with E-state index in [1.807, 2.05) is 0 Å². The van der Waals surface area contributed by atoms with Crippen molar-refractivity contribution in [1.29, 1.82) is 0 Å². The van der Waals surface area contributed by atoms with Crippen molar-refractivity contribution in [2.45, 2.75) is 12.8 Å². The summed E-state index contributed by atoms with van der Waals surface area (Å²) in [7, 11) is 0. The SMILES string of the molecule is C=CCCC(=O)Nc1cc(Cl)ncn1. The second-order valence-electron chi connectivity index (χ2n) is 2.60. The molecule has 1 heterocycles. The van der Waals surface area contributed by atoms with Gasteiger partial charge in [-0.2, -0.15) is 0 Å². The summed E-state index contributed by atoms with van der Waals surface area (Å²) in [5.74, 6) is 0.304. The minimum Gasteiger partial charge on any atom is -0.311 e. The van der Waals surface area contributed by atoms with E-state index in [0.29, 0.717) is 23.8 Å². The molecule has 14 heavy (non-hydrogen) atoms. The van der Waals surface area contributed by atoms with Crippen molar-refractivity contribution in [1.82, 2.24) is 9.97 Å². The van der Waals surface area contributed by atoms with Crippen LogP contribution >= 0.6 is 11.6 Å². The molecule has 74 valence electrons. The van der Waals surface area contributed by atoms with Crippen molar-refractivity contribution in [3.8, 4) is 0 Å². The highest BCUT2D eigenvalue weighted by Gasteiger charge is 2.02. The summed E-state index contributed by atoms with van der Waals surface area (Å²) >= 11 is 5.61. The number of aromatic nitrogens is 2. The molecule has 1 amide bonds. The number of carbonyl (C=O) groups is 1. The summed E-state index contributed by atoms with van der Waals surface area (Å²) in [5, 5.41) is 2.90. The number of amides is 1. The lowest BCUT2D eigenvalue weighted by molar-refractivity contribution is -0.116. The molecule has 4 nitrogen and oxygen atoms in total. The van der Waals surface area contributed by atoms with Crippen LogP contribution in [-0.2, 0) is 4.79 Å². The van der Waals surface area contributed by atoms with Crippen LogP contribution in [-0.4, -0.2) is 15.9 Å². The normalized spacial score (nSPS) is 9.50. The van der Waals surface area contributed by atoms with E-state index in [2.05, 4.69) is 21.9 Å². The monoisotopic (exact) mass is 211 g/mol. The van der Waals surface area contributed by atoms with Crippen LogP contribution in [0, 0.1) is 0 Å². The third kappa shape index (κ3) is 3.53. The van der Waals surface area contributed by atoms with Crippen LogP contribution in [0.1, 0.15) is 12.8 Å². The maximum atomic E-state index is 11.2. The third-order valence-electron chi connectivity index (χ3n) is 1.48.